The molecular weight excluding hydrogens is 332 g/mol. The smallest absolute Gasteiger partial charge is 0.410 e. The van der Waals surface area contributed by atoms with Crippen LogP contribution in [0.25, 0.3) is 0 Å². The zero-order valence-electron chi connectivity index (χ0n) is 17.1. The topological polar surface area (TPSA) is 65.1 Å². The molecule has 0 bridgehead atoms. The molecule has 7 heteroatoms. The van der Waals surface area contributed by atoms with Gasteiger partial charge in [0.15, 0.2) is 0 Å². The third kappa shape index (κ3) is 6.34. The largest absolute Gasteiger partial charge is 0.444 e. The van der Waals surface area contributed by atoms with E-state index in [9.17, 15) is 9.59 Å². The van der Waals surface area contributed by atoms with Crippen LogP contribution in [0.3, 0.4) is 0 Å². The summed E-state index contributed by atoms with van der Waals surface area (Å²) in [5.74, 6) is 0.814. The van der Waals surface area contributed by atoms with E-state index in [2.05, 4.69) is 24.1 Å². The number of hydrogen-bond donors (Lipinski definition) is 1. The maximum absolute atomic E-state index is 12.4. The molecule has 2 fully saturated rings. The lowest BCUT2D eigenvalue weighted by molar-refractivity contribution is 0.0169. The van der Waals surface area contributed by atoms with E-state index in [1.807, 2.05) is 20.8 Å². The van der Waals surface area contributed by atoms with E-state index in [0.29, 0.717) is 38.8 Å². The van der Waals surface area contributed by atoms with Crippen molar-refractivity contribution in [2.75, 3.05) is 45.8 Å². The van der Waals surface area contributed by atoms with Crippen molar-refractivity contribution in [1.82, 2.24) is 20.0 Å². The maximum atomic E-state index is 12.4. The Balaban J connectivity index is 1.69. The second-order valence-electron chi connectivity index (χ2n) is 8.71. The number of nitrogens with one attached hydrogen (secondary N) is 1. The molecule has 150 valence electrons. The molecule has 0 radical (unpaired) electrons. The van der Waals surface area contributed by atoms with Gasteiger partial charge in [0.05, 0.1) is 0 Å². The summed E-state index contributed by atoms with van der Waals surface area (Å²) in [5.41, 5.74) is -0.492. The van der Waals surface area contributed by atoms with Gasteiger partial charge in [0.1, 0.15) is 5.60 Å². The van der Waals surface area contributed by atoms with Gasteiger partial charge in [0.25, 0.3) is 0 Å². The molecular formula is C19H36N4O3. The molecule has 1 N–H and O–H groups in total. The molecule has 1 atom stereocenters. The molecule has 0 aromatic rings. The lowest BCUT2D eigenvalue weighted by Crippen LogP contribution is -2.55. The molecule has 7 nitrogen and oxygen atoms in total. The van der Waals surface area contributed by atoms with Gasteiger partial charge in [0.2, 0.25) is 0 Å². The second kappa shape index (κ2) is 8.93. The van der Waals surface area contributed by atoms with Gasteiger partial charge in [0, 0.05) is 38.8 Å². The van der Waals surface area contributed by atoms with Gasteiger partial charge in [-0.15, -0.1) is 0 Å². The Bertz CT molecular complexity index is 476. The Labute approximate surface area is 158 Å². The molecule has 1 unspecified atom stereocenters. The van der Waals surface area contributed by atoms with Gasteiger partial charge in [-0.1, -0.05) is 6.92 Å². The third-order valence-corrected chi connectivity index (χ3v) is 5.21. The van der Waals surface area contributed by atoms with Gasteiger partial charge >= 0.3 is 12.1 Å². The fraction of sp³-hybridized carbons (Fsp3) is 0.895. The van der Waals surface area contributed by atoms with E-state index in [1.54, 1.807) is 9.80 Å². The van der Waals surface area contributed by atoms with Crippen LogP contribution in [0.1, 0.15) is 47.5 Å². The van der Waals surface area contributed by atoms with Crippen molar-refractivity contribution in [2.45, 2.75) is 59.1 Å². The van der Waals surface area contributed by atoms with Gasteiger partial charge < -0.3 is 19.9 Å². The van der Waals surface area contributed by atoms with E-state index in [-0.39, 0.29) is 12.1 Å². The number of carbonyl (C=O) groups is 2. The first-order chi connectivity index (χ1) is 12.2. The molecule has 2 heterocycles. The quantitative estimate of drug-likeness (QED) is 0.831. The van der Waals surface area contributed by atoms with Crippen LogP contribution < -0.4 is 5.32 Å². The van der Waals surface area contributed by atoms with Gasteiger partial charge in [-0.25, -0.2) is 9.59 Å². The molecule has 2 aliphatic rings. The summed E-state index contributed by atoms with van der Waals surface area (Å²) >= 11 is 0. The average molecular weight is 369 g/mol. The van der Waals surface area contributed by atoms with Crippen molar-refractivity contribution in [3.8, 4) is 0 Å². The van der Waals surface area contributed by atoms with E-state index >= 15 is 0 Å². The summed E-state index contributed by atoms with van der Waals surface area (Å²) < 4.78 is 5.39. The molecule has 0 aliphatic carbocycles. The first-order valence-electron chi connectivity index (χ1n) is 9.90. The van der Waals surface area contributed by atoms with Crippen LogP contribution in [0.15, 0.2) is 0 Å². The van der Waals surface area contributed by atoms with Crippen LogP contribution in [0.2, 0.25) is 0 Å². The molecule has 2 saturated heterocycles. The number of nitrogens with zero attached hydrogens (tertiary/aromatic N) is 3. The molecule has 0 aromatic heterocycles. The average Bonchev–Trinajstić information content (AvgIpc) is 2.58. The van der Waals surface area contributed by atoms with E-state index in [4.69, 9.17) is 4.74 Å². The number of amides is 3. The highest BCUT2D eigenvalue weighted by molar-refractivity contribution is 5.75. The summed E-state index contributed by atoms with van der Waals surface area (Å²) in [7, 11) is 0. The normalized spacial score (nSPS) is 21.4. The summed E-state index contributed by atoms with van der Waals surface area (Å²) in [4.78, 5) is 30.4. The van der Waals surface area contributed by atoms with Crippen molar-refractivity contribution < 1.29 is 14.3 Å². The van der Waals surface area contributed by atoms with Gasteiger partial charge in [-0.3, -0.25) is 4.90 Å². The Morgan fingerprint density at radius 1 is 1.04 bits per heavy atom. The van der Waals surface area contributed by atoms with E-state index < -0.39 is 5.60 Å². The molecule has 2 aliphatic heterocycles. The first-order valence-corrected chi connectivity index (χ1v) is 9.90. The van der Waals surface area contributed by atoms with Crippen LogP contribution in [0.4, 0.5) is 9.59 Å². The highest BCUT2D eigenvalue weighted by Crippen LogP contribution is 2.17. The van der Waals surface area contributed by atoms with Crippen LogP contribution in [-0.2, 0) is 4.74 Å². The number of piperazine rings is 1. The summed E-state index contributed by atoms with van der Waals surface area (Å²) in [5, 5.41) is 3.05. The van der Waals surface area contributed by atoms with Crippen molar-refractivity contribution in [1.29, 1.82) is 0 Å². The zero-order valence-corrected chi connectivity index (χ0v) is 17.1. The highest BCUT2D eigenvalue weighted by Gasteiger charge is 2.28. The van der Waals surface area contributed by atoms with Crippen LogP contribution in [0, 0.1) is 5.92 Å². The Morgan fingerprint density at radius 2 is 1.58 bits per heavy atom. The Hall–Kier alpha value is -1.50. The minimum Gasteiger partial charge on any atom is -0.444 e. The monoisotopic (exact) mass is 368 g/mol. The first kappa shape index (κ1) is 20.8. The SMILES string of the molecule is CC1CCN(C(C)CNC(=O)N2CCN(C(=O)OC(C)(C)C)CC2)CC1. The second-order valence-corrected chi connectivity index (χ2v) is 8.71. The molecule has 2 rings (SSSR count). The third-order valence-electron chi connectivity index (χ3n) is 5.21. The molecule has 26 heavy (non-hydrogen) atoms. The fourth-order valence-corrected chi connectivity index (χ4v) is 3.36. The number of hydrogen-bond acceptors (Lipinski definition) is 4. The summed E-state index contributed by atoms with van der Waals surface area (Å²) in [6, 6.07) is 0.320. The number of piperidine rings is 1. The zero-order chi connectivity index (χ0) is 19.3. The van der Waals surface area contributed by atoms with E-state index in [0.717, 1.165) is 19.0 Å². The van der Waals surface area contributed by atoms with E-state index in [1.165, 1.54) is 12.8 Å². The molecule has 0 spiro atoms. The predicted molar refractivity (Wildman–Crippen MR) is 102 cm³/mol. The van der Waals surface area contributed by atoms with Gasteiger partial charge in [-0.2, -0.15) is 0 Å². The van der Waals surface area contributed by atoms with Crippen molar-refractivity contribution in [2.24, 2.45) is 5.92 Å². The minimum absolute atomic E-state index is 0.0360. The maximum Gasteiger partial charge on any atom is 0.410 e. The number of ether oxygens (including phenoxy) is 1. The van der Waals surface area contributed by atoms with Crippen molar-refractivity contribution in [3.05, 3.63) is 0 Å². The number of carbonyl (C=O) groups excluding carboxylic acids is 2. The van der Waals surface area contributed by atoms with Crippen LogP contribution in [0.5, 0.6) is 0 Å². The number of likely N-dealkylation sites (tertiary alicyclic amines) is 1. The number of urea groups is 1. The summed E-state index contributed by atoms with van der Waals surface area (Å²) in [6.45, 7) is 15.1. The highest BCUT2D eigenvalue weighted by atomic mass is 16.6. The lowest BCUT2D eigenvalue weighted by Gasteiger charge is -2.37. The molecule has 3 amide bonds. The summed E-state index contributed by atoms with van der Waals surface area (Å²) in [6.07, 6.45) is 2.18. The van der Waals surface area contributed by atoms with Crippen molar-refractivity contribution in [3.63, 3.8) is 0 Å². The van der Waals surface area contributed by atoms with Crippen LogP contribution >= 0.6 is 0 Å². The molecule has 0 saturated carbocycles. The minimum atomic E-state index is -0.492. The van der Waals surface area contributed by atoms with Crippen molar-refractivity contribution >= 4 is 12.1 Å². The predicted octanol–water partition coefficient (Wildman–Crippen LogP) is 2.37. The van der Waals surface area contributed by atoms with Gasteiger partial charge in [-0.05, 0) is 59.5 Å². The lowest BCUT2D eigenvalue weighted by atomic mass is 9.98. The Kier molecular flexibility index (Phi) is 7.15. The molecule has 0 aromatic carbocycles. The Morgan fingerprint density at radius 3 is 2.12 bits per heavy atom. The number of rotatable bonds is 3. The standard InChI is InChI=1S/C19H36N4O3/c1-15-6-8-21(9-7-15)16(2)14-20-17(24)22-10-12-23(13-11-22)18(25)26-19(3,4)5/h15-16H,6-14H2,1-5H3,(H,20,24). The fourth-order valence-electron chi connectivity index (χ4n) is 3.36. The van der Waals surface area contributed by atoms with Crippen LogP contribution in [-0.4, -0.2) is 84.3 Å².